The van der Waals surface area contributed by atoms with Crippen molar-refractivity contribution in [2.45, 2.75) is 44.6 Å². The van der Waals surface area contributed by atoms with Gasteiger partial charge < -0.3 is 10.6 Å². The molecule has 1 amide bonds. The molecule has 0 bridgehead atoms. The zero-order chi connectivity index (χ0) is 13.5. The number of hydrogen-bond acceptors (Lipinski definition) is 2. The lowest BCUT2D eigenvalue weighted by Gasteiger charge is -2.25. The summed E-state index contributed by atoms with van der Waals surface area (Å²) in [5.41, 5.74) is 1.27. The molecule has 0 spiro atoms. The molecule has 0 radical (unpaired) electrons. The third-order valence-electron chi connectivity index (χ3n) is 3.86. The predicted molar refractivity (Wildman–Crippen MR) is 85.4 cm³/mol. The third kappa shape index (κ3) is 5.14. The van der Waals surface area contributed by atoms with Crippen LogP contribution in [0.5, 0.6) is 0 Å². The Labute approximate surface area is 127 Å². The Balaban J connectivity index is 0.00000200. The van der Waals surface area contributed by atoms with E-state index in [1.807, 2.05) is 18.2 Å². The minimum Gasteiger partial charge on any atom is -0.352 e. The summed E-state index contributed by atoms with van der Waals surface area (Å²) < 4.78 is 0. The van der Waals surface area contributed by atoms with Crippen molar-refractivity contribution >= 4 is 18.3 Å². The minimum absolute atomic E-state index is 0. The normalized spacial score (nSPS) is 19.8. The van der Waals surface area contributed by atoms with Crippen LogP contribution in [0.2, 0.25) is 0 Å². The van der Waals surface area contributed by atoms with E-state index in [4.69, 9.17) is 0 Å². The molecule has 1 aliphatic heterocycles. The molecule has 1 aromatic carbocycles. The van der Waals surface area contributed by atoms with Gasteiger partial charge in [0.05, 0.1) is 0 Å². The molecule has 3 nitrogen and oxygen atoms in total. The second kappa shape index (κ2) is 8.98. The third-order valence-corrected chi connectivity index (χ3v) is 3.86. The first-order chi connectivity index (χ1) is 9.29. The van der Waals surface area contributed by atoms with Crippen molar-refractivity contribution in [3.63, 3.8) is 0 Å². The van der Waals surface area contributed by atoms with E-state index in [0.29, 0.717) is 18.4 Å². The average molecular weight is 297 g/mol. The van der Waals surface area contributed by atoms with Crippen LogP contribution in [-0.2, 0) is 4.79 Å². The highest BCUT2D eigenvalue weighted by atomic mass is 35.5. The average Bonchev–Trinajstić information content (AvgIpc) is 2.47. The number of halogens is 1. The number of rotatable bonds is 5. The molecule has 1 aliphatic rings. The summed E-state index contributed by atoms with van der Waals surface area (Å²) in [5, 5.41) is 6.48. The van der Waals surface area contributed by atoms with E-state index in [9.17, 15) is 4.79 Å². The summed E-state index contributed by atoms with van der Waals surface area (Å²) in [7, 11) is 0. The van der Waals surface area contributed by atoms with Crippen LogP contribution in [0.4, 0.5) is 0 Å². The molecule has 2 unspecified atom stereocenters. The van der Waals surface area contributed by atoms with Crippen LogP contribution in [0, 0.1) is 0 Å². The SMILES string of the molecule is CCC(CC(=O)NC1CCCNC1)c1ccccc1.Cl. The van der Waals surface area contributed by atoms with Gasteiger partial charge in [0.1, 0.15) is 0 Å². The first kappa shape index (κ1) is 17.0. The Morgan fingerprint density at radius 2 is 2.15 bits per heavy atom. The maximum absolute atomic E-state index is 12.1. The molecule has 20 heavy (non-hydrogen) atoms. The van der Waals surface area contributed by atoms with Crippen molar-refractivity contribution < 1.29 is 4.79 Å². The zero-order valence-electron chi connectivity index (χ0n) is 12.1. The molecular formula is C16H25ClN2O. The van der Waals surface area contributed by atoms with Crippen molar-refractivity contribution in [2.75, 3.05) is 13.1 Å². The zero-order valence-corrected chi connectivity index (χ0v) is 12.9. The summed E-state index contributed by atoms with van der Waals surface area (Å²) in [6, 6.07) is 10.6. The minimum atomic E-state index is 0. The van der Waals surface area contributed by atoms with E-state index in [2.05, 4.69) is 29.7 Å². The molecular weight excluding hydrogens is 272 g/mol. The van der Waals surface area contributed by atoms with E-state index < -0.39 is 0 Å². The van der Waals surface area contributed by atoms with Crippen molar-refractivity contribution in [2.24, 2.45) is 0 Å². The quantitative estimate of drug-likeness (QED) is 0.877. The number of carbonyl (C=O) groups is 1. The molecule has 1 saturated heterocycles. The van der Waals surface area contributed by atoms with Gasteiger partial charge in [0.25, 0.3) is 0 Å². The maximum atomic E-state index is 12.1. The molecule has 1 fully saturated rings. The number of benzene rings is 1. The molecule has 0 saturated carbocycles. The van der Waals surface area contributed by atoms with Crippen molar-refractivity contribution in [1.29, 1.82) is 0 Å². The van der Waals surface area contributed by atoms with E-state index in [0.717, 1.165) is 32.4 Å². The molecule has 2 rings (SSSR count). The summed E-state index contributed by atoms with van der Waals surface area (Å²) >= 11 is 0. The number of piperidine rings is 1. The molecule has 2 N–H and O–H groups in total. The number of nitrogens with one attached hydrogen (secondary N) is 2. The van der Waals surface area contributed by atoms with Gasteiger partial charge in [-0.25, -0.2) is 0 Å². The fourth-order valence-corrected chi connectivity index (χ4v) is 2.71. The first-order valence-corrected chi connectivity index (χ1v) is 7.34. The molecule has 2 atom stereocenters. The van der Waals surface area contributed by atoms with Crippen LogP contribution < -0.4 is 10.6 Å². The van der Waals surface area contributed by atoms with Gasteiger partial charge in [0, 0.05) is 19.0 Å². The van der Waals surface area contributed by atoms with Crippen LogP contribution in [-0.4, -0.2) is 25.0 Å². The van der Waals surface area contributed by atoms with Gasteiger partial charge in [-0.05, 0) is 37.3 Å². The van der Waals surface area contributed by atoms with Crippen molar-refractivity contribution in [3.05, 3.63) is 35.9 Å². The standard InChI is InChI=1S/C16H24N2O.ClH/c1-2-13(14-7-4-3-5-8-14)11-16(19)18-15-9-6-10-17-12-15;/h3-5,7-8,13,15,17H,2,6,9-12H2,1H3,(H,18,19);1H. The van der Waals surface area contributed by atoms with Gasteiger partial charge in [0.15, 0.2) is 0 Å². The van der Waals surface area contributed by atoms with Crippen LogP contribution >= 0.6 is 12.4 Å². The number of amides is 1. The highest BCUT2D eigenvalue weighted by molar-refractivity contribution is 5.85. The molecule has 0 aliphatic carbocycles. The second-order valence-corrected chi connectivity index (χ2v) is 5.33. The molecule has 0 aromatic heterocycles. The van der Waals surface area contributed by atoms with Crippen LogP contribution in [0.25, 0.3) is 0 Å². The predicted octanol–water partition coefficient (Wildman–Crippen LogP) is 2.86. The second-order valence-electron chi connectivity index (χ2n) is 5.33. The monoisotopic (exact) mass is 296 g/mol. The molecule has 1 aromatic rings. The van der Waals surface area contributed by atoms with Crippen LogP contribution in [0.3, 0.4) is 0 Å². The van der Waals surface area contributed by atoms with Crippen molar-refractivity contribution in [1.82, 2.24) is 10.6 Å². The Morgan fingerprint density at radius 1 is 1.40 bits per heavy atom. The lowest BCUT2D eigenvalue weighted by atomic mass is 9.93. The fraction of sp³-hybridized carbons (Fsp3) is 0.562. The van der Waals surface area contributed by atoms with Crippen LogP contribution in [0.1, 0.15) is 44.1 Å². The maximum Gasteiger partial charge on any atom is 0.220 e. The number of hydrogen-bond donors (Lipinski definition) is 2. The Morgan fingerprint density at radius 3 is 2.75 bits per heavy atom. The Bertz CT molecular complexity index is 391. The smallest absolute Gasteiger partial charge is 0.220 e. The van der Waals surface area contributed by atoms with Gasteiger partial charge in [-0.3, -0.25) is 4.79 Å². The van der Waals surface area contributed by atoms with Gasteiger partial charge in [-0.2, -0.15) is 0 Å². The van der Waals surface area contributed by atoms with E-state index in [1.54, 1.807) is 0 Å². The highest BCUT2D eigenvalue weighted by Gasteiger charge is 2.18. The highest BCUT2D eigenvalue weighted by Crippen LogP contribution is 2.22. The summed E-state index contributed by atoms with van der Waals surface area (Å²) in [5.74, 6) is 0.516. The Hall–Kier alpha value is -1.06. The number of carbonyl (C=O) groups excluding carboxylic acids is 1. The van der Waals surface area contributed by atoms with Gasteiger partial charge >= 0.3 is 0 Å². The van der Waals surface area contributed by atoms with E-state index in [-0.39, 0.29) is 18.3 Å². The summed E-state index contributed by atoms with van der Waals surface area (Å²) in [4.78, 5) is 12.1. The summed E-state index contributed by atoms with van der Waals surface area (Å²) in [6.45, 7) is 4.13. The first-order valence-electron chi connectivity index (χ1n) is 7.34. The largest absolute Gasteiger partial charge is 0.352 e. The molecule has 1 heterocycles. The summed E-state index contributed by atoms with van der Waals surface area (Å²) in [6.07, 6.45) is 3.85. The van der Waals surface area contributed by atoms with Crippen molar-refractivity contribution in [3.8, 4) is 0 Å². The van der Waals surface area contributed by atoms with Gasteiger partial charge in [-0.15, -0.1) is 12.4 Å². The topological polar surface area (TPSA) is 41.1 Å². The fourth-order valence-electron chi connectivity index (χ4n) is 2.71. The molecule has 112 valence electrons. The lowest BCUT2D eigenvalue weighted by molar-refractivity contribution is -0.122. The van der Waals surface area contributed by atoms with E-state index in [1.165, 1.54) is 5.56 Å². The van der Waals surface area contributed by atoms with Gasteiger partial charge in [0.2, 0.25) is 5.91 Å². The Kier molecular flexibility index (Phi) is 7.63. The van der Waals surface area contributed by atoms with E-state index >= 15 is 0 Å². The lowest BCUT2D eigenvalue weighted by Crippen LogP contribution is -2.45. The van der Waals surface area contributed by atoms with Gasteiger partial charge in [-0.1, -0.05) is 37.3 Å². The molecule has 4 heteroatoms. The van der Waals surface area contributed by atoms with Crippen LogP contribution in [0.15, 0.2) is 30.3 Å².